The normalized spacial score (nSPS) is 17.0. The Kier molecular flexibility index (Phi) is 11.4. The fourth-order valence-corrected chi connectivity index (χ4v) is 4.10. The Morgan fingerprint density at radius 2 is 1.81 bits per heavy atom. The number of aryl methyl sites for hydroxylation is 2. The molecule has 0 aliphatic carbocycles. The van der Waals surface area contributed by atoms with Crippen molar-refractivity contribution in [3.8, 4) is 0 Å². The average Bonchev–Trinajstić information content (AvgIpc) is 2.92. The number of hydrogen-bond donors (Lipinski definition) is 2. The monoisotopic (exact) mass is 547 g/mol. The number of nitrogens with one attached hydrogen (secondary N) is 2. The van der Waals surface area contributed by atoms with Crippen LogP contribution in [0.3, 0.4) is 0 Å². The summed E-state index contributed by atoms with van der Waals surface area (Å²) in [5, 5.41) is 11.1. The Morgan fingerprint density at radius 1 is 1.00 bits per heavy atom. The van der Waals surface area contributed by atoms with Crippen LogP contribution in [0.2, 0.25) is 0 Å². The minimum atomic E-state index is 0. The Labute approximate surface area is 202 Å². The molecule has 0 saturated carbocycles. The van der Waals surface area contributed by atoms with E-state index >= 15 is 0 Å². The quantitative estimate of drug-likeness (QED) is 0.213. The van der Waals surface area contributed by atoms with Crippen LogP contribution in [-0.2, 0) is 24.3 Å². The fourth-order valence-electron chi connectivity index (χ4n) is 4.10. The first-order chi connectivity index (χ1) is 14.7. The molecule has 0 spiro atoms. The molecule has 2 aliphatic rings. The van der Waals surface area contributed by atoms with Gasteiger partial charge in [-0.3, -0.25) is 14.4 Å². The number of amides is 1. The van der Waals surface area contributed by atoms with Crippen molar-refractivity contribution in [1.29, 1.82) is 0 Å². The lowest BCUT2D eigenvalue weighted by Crippen LogP contribution is -2.38. The second kappa shape index (κ2) is 13.7. The van der Waals surface area contributed by atoms with E-state index in [1.54, 1.807) is 4.68 Å². The van der Waals surface area contributed by atoms with E-state index < -0.39 is 0 Å². The van der Waals surface area contributed by atoms with Gasteiger partial charge in [-0.2, -0.15) is 5.10 Å². The fraction of sp³-hybridized carbons (Fsp3) is 0.810. The van der Waals surface area contributed by atoms with Crippen LogP contribution in [0.5, 0.6) is 0 Å². The molecule has 10 heteroatoms. The minimum absolute atomic E-state index is 0. The van der Waals surface area contributed by atoms with Gasteiger partial charge in [0.2, 0.25) is 5.91 Å². The van der Waals surface area contributed by atoms with Crippen LogP contribution in [0, 0.1) is 0 Å². The molecule has 1 fully saturated rings. The minimum Gasteiger partial charge on any atom is -0.357 e. The van der Waals surface area contributed by atoms with Gasteiger partial charge >= 0.3 is 5.69 Å². The summed E-state index contributed by atoms with van der Waals surface area (Å²) in [4.78, 5) is 31.1. The lowest BCUT2D eigenvalue weighted by atomic mass is 10.2. The molecule has 0 bridgehead atoms. The number of guanidine groups is 1. The molecule has 0 unspecified atom stereocenters. The Hall–Kier alpha value is -1.59. The molecule has 1 aromatic rings. The Balaban J connectivity index is 0.00000341. The first kappa shape index (κ1) is 25.7. The predicted molar refractivity (Wildman–Crippen MR) is 133 cm³/mol. The van der Waals surface area contributed by atoms with Crippen LogP contribution < -0.4 is 16.3 Å². The molecule has 1 amide bonds. The number of hydrogen-bond acceptors (Lipinski definition) is 4. The van der Waals surface area contributed by atoms with Crippen LogP contribution in [0.15, 0.2) is 9.79 Å². The molecule has 3 heterocycles. The zero-order valence-corrected chi connectivity index (χ0v) is 21.1. The van der Waals surface area contributed by atoms with Gasteiger partial charge in [-0.25, -0.2) is 9.48 Å². The van der Waals surface area contributed by atoms with Crippen LogP contribution in [0.1, 0.15) is 64.1 Å². The zero-order valence-electron chi connectivity index (χ0n) is 18.8. The van der Waals surface area contributed by atoms with E-state index in [0.717, 1.165) is 95.9 Å². The molecule has 176 valence electrons. The highest BCUT2D eigenvalue weighted by Crippen LogP contribution is 2.11. The van der Waals surface area contributed by atoms with Crippen LogP contribution >= 0.6 is 24.0 Å². The zero-order chi connectivity index (χ0) is 21.2. The van der Waals surface area contributed by atoms with Gasteiger partial charge in [0.25, 0.3) is 0 Å². The molecule has 2 aliphatic heterocycles. The number of rotatable bonds is 9. The van der Waals surface area contributed by atoms with Gasteiger partial charge in [-0.1, -0.05) is 6.42 Å². The molecule has 0 aromatic carbocycles. The van der Waals surface area contributed by atoms with Crippen LogP contribution in [0.4, 0.5) is 0 Å². The van der Waals surface area contributed by atoms with E-state index in [9.17, 15) is 9.59 Å². The standard InChI is InChI=1S/C21H37N7O2.HI/c1-2-22-20(23-12-8-15-26-14-6-3-4-11-19(26)29)24-13-9-17-28-21(30)27-16-7-5-10-18(27)25-28;/h2-17H2,1H3,(H2,22,23,24);1H. The highest BCUT2D eigenvalue weighted by atomic mass is 127. The van der Waals surface area contributed by atoms with E-state index in [4.69, 9.17) is 0 Å². The molecule has 31 heavy (non-hydrogen) atoms. The topological polar surface area (TPSA) is 96.6 Å². The number of fused-ring (bicyclic) bond motifs is 1. The summed E-state index contributed by atoms with van der Waals surface area (Å²) in [6, 6.07) is 0. The second-order valence-corrected chi connectivity index (χ2v) is 8.12. The highest BCUT2D eigenvalue weighted by Gasteiger charge is 2.17. The summed E-state index contributed by atoms with van der Waals surface area (Å²) in [6.45, 7) is 7.34. The molecule has 0 atom stereocenters. The number of carbonyl (C=O) groups is 1. The Morgan fingerprint density at radius 3 is 2.61 bits per heavy atom. The van der Waals surface area contributed by atoms with Crippen molar-refractivity contribution in [2.75, 3.05) is 32.7 Å². The molecule has 1 saturated heterocycles. The maximum Gasteiger partial charge on any atom is 0.345 e. The number of halogens is 1. The number of aliphatic imine (C=N–C) groups is 1. The van der Waals surface area contributed by atoms with E-state index in [2.05, 4.69) is 20.7 Å². The summed E-state index contributed by atoms with van der Waals surface area (Å²) < 4.78 is 3.42. The molecular weight excluding hydrogens is 509 g/mol. The van der Waals surface area contributed by atoms with Gasteiger partial charge in [0.15, 0.2) is 5.96 Å². The third kappa shape index (κ3) is 7.80. The smallest absolute Gasteiger partial charge is 0.345 e. The van der Waals surface area contributed by atoms with Crippen molar-refractivity contribution in [2.24, 2.45) is 4.99 Å². The van der Waals surface area contributed by atoms with E-state index in [-0.39, 0.29) is 35.6 Å². The first-order valence-corrected chi connectivity index (χ1v) is 11.7. The van der Waals surface area contributed by atoms with Gasteiger partial charge in [0, 0.05) is 58.7 Å². The van der Waals surface area contributed by atoms with Crippen molar-refractivity contribution >= 4 is 35.8 Å². The highest BCUT2D eigenvalue weighted by molar-refractivity contribution is 14.0. The number of nitrogens with zero attached hydrogens (tertiary/aromatic N) is 5. The molecule has 9 nitrogen and oxygen atoms in total. The lowest BCUT2D eigenvalue weighted by Gasteiger charge is -2.20. The number of carbonyl (C=O) groups excluding carboxylic acids is 1. The average molecular weight is 547 g/mol. The second-order valence-electron chi connectivity index (χ2n) is 8.12. The van der Waals surface area contributed by atoms with Crippen molar-refractivity contribution in [2.45, 2.75) is 77.8 Å². The summed E-state index contributed by atoms with van der Waals surface area (Å²) >= 11 is 0. The third-order valence-corrected chi connectivity index (χ3v) is 5.74. The van der Waals surface area contributed by atoms with Crippen LogP contribution in [0.25, 0.3) is 0 Å². The number of likely N-dealkylation sites (tertiary alicyclic amines) is 1. The van der Waals surface area contributed by atoms with Gasteiger partial charge in [0.05, 0.1) is 0 Å². The maximum atomic E-state index is 12.4. The molecule has 1 aromatic heterocycles. The summed E-state index contributed by atoms with van der Waals surface area (Å²) in [7, 11) is 0. The van der Waals surface area contributed by atoms with Gasteiger partial charge in [0.1, 0.15) is 5.82 Å². The van der Waals surface area contributed by atoms with Gasteiger partial charge < -0.3 is 15.5 Å². The summed E-state index contributed by atoms with van der Waals surface area (Å²) in [6.07, 6.45) is 8.75. The van der Waals surface area contributed by atoms with Crippen molar-refractivity contribution in [1.82, 2.24) is 29.9 Å². The SMILES string of the molecule is CCNC(=NCCCN1CCCCCC1=O)NCCCn1nc2n(c1=O)CCCC2.I. The predicted octanol–water partition coefficient (Wildman–Crippen LogP) is 1.74. The van der Waals surface area contributed by atoms with Gasteiger partial charge in [-0.15, -0.1) is 24.0 Å². The molecule has 3 rings (SSSR count). The third-order valence-electron chi connectivity index (χ3n) is 5.74. The van der Waals surface area contributed by atoms with E-state index in [1.807, 2.05) is 16.4 Å². The Bertz CT molecular complexity index is 774. The largest absolute Gasteiger partial charge is 0.357 e. The maximum absolute atomic E-state index is 12.4. The summed E-state index contributed by atoms with van der Waals surface area (Å²) in [5.74, 6) is 2.01. The van der Waals surface area contributed by atoms with Gasteiger partial charge in [-0.05, 0) is 45.4 Å². The summed E-state index contributed by atoms with van der Waals surface area (Å²) in [5.41, 5.74) is 0.0216. The molecule has 2 N–H and O–H groups in total. The van der Waals surface area contributed by atoms with Crippen molar-refractivity contribution in [3.05, 3.63) is 16.3 Å². The van der Waals surface area contributed by atoms with E-state index in [0.29, 0.717) is 19.5 Å². The number of aromatic nitrogens is 3. The van der Waals surface area contributed by atoms with E-state index in [1.165, 1.54) is 0 Å². The van der Waals surface area contributed by atoms with Crippen molar-refractivity contribution < 1.29 is 4.79 Å². The van der Waals surface area contributed by atoms with Crippen molar-refractivity contribution in [3.63, 3.8) is 0 Å². The molecule has 0 radical (unpaired) electrons. The van der Waals surface area contributed by atoms with Crippen LogP contribution in [-0.4, -0.2) is 63.8 Å². The molecular formula is C21H38IN7O2. The lowest BCUT2D eigenvalue weighted by molar-refractivity contribution is -0.130. The first-order valence-electron chi connectivity index (χ1n) is 11.7.